The van der Waals surface area contributed by atoms with E-state index in [1.807, 2.05) is 13.1 Å². The molecule has 0 radical (unpaired) electrons. The summed E-state index contributed by atoms with van der Waals surface area (Å²) in [6.45, 7) is 9.87. The van der Waals surface area contributed by atoms with Crippen LogP contribution in [0.1, 0.15) is 24.5 Å². The van der Waals surface area contributed by atoms with Gasteiger partial charge in [0.25, 0.3) is 0 Å². The maximum Gasteiger partial charge on any atom is 0.0954 e. The highest BCUT2D eigenvalue weighted by molar-refractivity contribution is 5.61. The first-order valence-corrected chi connectivity index (χ1v) is 5.60. The third-order valence-corrected chi connectivity index (χ3v) is 2.48. The average Bonchev–Trinajstić information content (AvgIpc) is 2.31. The number of rotatable bonds is 6. The Labute approximate surface area is 98.1 Å². The van der Waals surface area contributed by atoms with Gasteiger partial charge in [0.2, 0.25) is 0 Å². The molecule has 1 aromatic rings. The number of anilines is 1. The van der Waals surface area contributed by atoms with E-state index in [-0.39, 0.29) is 0 Å². The van der Waals surface area contributed by atoms with Gasteiger partial charge < -0.3 is 10.6 Å². The van der Waals surface area contributed by atoms with Crippen LogP contribution in [0.5, 0.6) is 0 Å². The standard InChI is InChI=1S/C14H20N2/c1-5-7-13-8-9-14(10-12(13)6-2)16-11(3)15-4/h6,8-10,15-16H,2-3,5,7H2,1,4H3. The molecule has 1 rings (SSSR count). The maximum atomic E-state index is 3.85. The van der Waals surface area contributed by atoms with E-state index in [2.05, 4.69) is 48.9 Å². The molecular formula is C14H20N2. The van der Waals surface area contributed by atoms with Crippen molar-refractivity contribution in [3.05, 3.63) is 48.3 Å². The van der Waals surface area contributed by atoms with Gasteiger partial charge in [-0.15, -0.1) is 0 Å². The van der Waals surface area contributed by atoms with Crippen LogP contribution >= 0.6 is 0 Å². The molecule has 0 unspecified atom stereocenters. The Morgan fingerprint density at radius 3 is 2.75 bits per heavy atom. The normalized spacial score (nSPS) is 9.62. The molecule has 2 nitrogen and oxygen atoms in total. The van der Waals surface area contributed by atoms with E-state index in [0.29, 0.717) is 0 Å². The van der Waals surface area contributed by atoms with Gasteiger partial charge in [0.15, 0.2) is 0 Å². The summed E-state index contributed by atoms with van der Waals surface area (Å²) in [4.78, 5) is 0. The minimum absolute atomic E-state index is 0.790. The van der Waals surface area contributed by atoms with Crippen LogP contribution in [0.3, 0.4) is 0 Å². The molecule has 0 heterocycles. The van der Waals surface area contributed by atoms with Crippen molar-refractivity contribution >= 4 is 11.8 Å². The Balaban J connectivity index is 2.90. The van der Waals surface area contributed by atoms with E-state index < -0.39 is 0 Å². The Morgan fingerprint density at radius 1 is 1.44 bits per heavy atom. The molecule has 0 amide bonds. The van der Waals surface area contributed by atoms with Crippen LogP contribution < -0.4 is 10.6 Å². The van der Waals surface area contributed by atoms with Crippen LogP contribution in [0.4, 0.5) is 5.69 Å². The summed E-state index contributed by atoms with van der Waals surface area (Å²) in [7, 11) is 1.84. The highest BCUT2D eigenvalue weighted by atomic mass is 15.1. The minimum Gasteiger partial charge on any atom is -0.375 e. The van der Waals surface area contributed by atoms with Crippen molar-refractivity contribution in [2.75, 3.05) is 12.4 Å². The number of benzene rings is 1. The van der Waals surface area contributed by atoms with Crippen molar-refractivity contribution in [1.29, 1.82) is 0 Å². The number of hydrogen-bond donors (Lipinski definition) is 2. The zero-order valence-corrected chi connectivity index (χ0v) is 10.1. The number of nitrogens with one attached hydrogen (secondary N) is 2. The zero-order chi connectivity index (χ0) is 12.0. The summed E-state index contributed by atoms with van der Waals surface area (Å²) in [6.07, 6.45) is 4.14. The Morgan fingerprint density at radius 2 is 2.19 bits per heavy atom. The van der Waals surface area contributed by atoms with Crippen LogP contribution in [0.2, 0.25) is 0 Å². The van der Waals surface area contributed by atoms with E-state index in [1.165, 1.54) is 11.1 Å². The van der Waals surface area contributed by atoms with Crippen LogP contribution in [0, 0.1) is 0 Å². The molecule has 16 heavy (non-hydrogen) atoms. The van der Waals surface area contributed by atoms with Crippen molar-refractivity contribution in [2.24, 2.45) is 0 Å². The lowest BCUT2D eigenvalue weighted by molar-refractivity contribution is 0.919. The molecule has 0 fully saturated rings. The Hall–Kier alpha value is -1.70. The van der Waals surface area contributed by atoms with Crippen LogP contribution in [0.25, 0.3) is 6.08 Å². The third-order valence-electron chi connectivity index (χ3n) is 2.48. The summed E-state index contributed by atoms with van der Waals surface area (Å²) in [5.41, 5.74) is 3.57. The van der Waals surface area contributed by atoms with Gasteiger partial charge >= 0.3 is 0 Å². The monoisotopic (exact) mass is 216 g/mol. The lowest BCUT2D eigenvalue weighted by atomic mass is 10.0. The molecular weight excluding hydrogens is 196 g/mol. The van der Waals surface area contributed by atoms with Gasteiger partial charge in [0.1, 0.15) is 0 Å². The first kappa shape index (κ1) is 12.4. The van der Waals surface area contributed by atoms with Gasteiger partial charge in [-0.2, -0.15) is 0 Å². The highest BCUT2D eigenvalue weighted by Crippen LogP contribution is 2.19. The van der Waals surface area contributed by atoms with E-state index >= 15 is 0 Å². The van der Waals surface area contributed by atoms with Crippen LogP contribution in [-0.4, -0.2) is 7.05 Å². The summed E-state index contributed by atoms with van der Waals surface area (Å²) in [6, 6.07) is 6.31. The van der Waals surface area contributed by atoms with Gasteiger partial charge in [-0.25, -0.2) is 0 Å². The van der Waals surface area contributed by atoms with Crippen LogP contribution in [0.15, 0.2) is 37.2 Å². The maximum absolute atomic E-state index is 3.85. The second-order valence-corrected chi connectivity index (χ2v) is 3.72. The molecule has 0 atom stereocenters. The fourth-order valence-corrected chi connectivity index (χ4v) is 1.60. The van der Waals surface area contributed by atoms with Gasteiger partial charge in [0, 0.05) is 12.7 Å². The van der Waals surface area contributed by atoms with Crippen molar-refractivity contribution in [2.45, 2.75) is 19.8 Å². The average molecular weight is 216 g/mol. The molecule has 2 N–H and O–H groups in total. The lowest BCUT2D eigenvalue weighted by Gasteiger charge is -2.11. The molecule has 0 bridgehead atoms. The number of aryl methyl sites for hydroxylation is 1. The van der Waals surface area contributed by atoms with Gasteiger partial charge in [-0.05, 0) is 29.7 Å². The second-order valence-electron chi connectivity index (χ2n) is 3.72. The first-order valence-electron chi connectivity index (χ1n) is 5.60. The second kappa shape index (κ2) is 6.01. The summed E-state index contributed by atoms with van der Waals surface area (Å²) in [5.74, 6) is 0.790. The molecule has 0 aliphatic heterocycles. The third kappa shape index (κ3) is 3.16. The van der Waals surface area contributed by atoms with E-state index in [1.54, 1.807) is 0 Å². The summed E-state index contributed by atoms with van der Waals surface area (Å²) in [5, 5.41) is 6.14. The highest BCUT2D eigenvalue weighted by Gasteiger charge is 2.01. The van der Waals surface area contributed by atoms with Crippen molar-refractivity contribution in [3.8, 4) is 0 Å². The Bertz CT molecular complexity index is 380. The van der Waals surface area contributed by atoms with Crippen molar-refractivity contribution in [3.63, 3.8) is 0 Å². The molecule has 2 heteroatoms. The smallest absolute Gasteiger partial charge is 0.0954 e. The lowest BCUT2D eigenvalue weighted by Crippen LogP contribution is -2.13. The molecule has 0 saturated carbocycles. The molecule has 86 valence electrons. The molecule has 0 aliphatic carbocycles. The van der Waals surface area contributed by atoms with Crippen molar-refractivity contribution < 1.29 is 0 Å². The largest absolute Gasteiger partial charge is 0.375 e. The molecule has 0 spiro atoms. The predicted octanol–water partition coefficient (Wildman–Crippen LogP) is 3.38. The molecule has 1 aromatic carbocycles. The molecule has 0 aromatic heterocycles. The summed E-state index contributed by atoms with van der Waals surface area (Å²) < 4.78 is 0. The minimum atomic E-state index is 0.790. The van der Waals surface area contributed by atoms with E-state index in [9.17, 15) is 0 Å². The van der Waals surface area contributed by atoms with Gasteiger partial charge in [-0.1, -0.05) is 38.6 Å². The fourth-order valence-electron chi connectivity index (χ4n) is 1.60. The first-order chi connectivity index (χ1) is 7.71. The number of hydrogen-bond acceptors (Lipinski definition) is 2. The SMILES string of the molecule is C=Cc1cc(NC(=C)NC)ccc1CCC. The summed E-state index contributed by atoms with van der Waals surface area (Å²) >= 11 is 0. The quantitative estimate of drug-likeness (QED) is 0.761. The van der Waals surface area contributed by atoms with Gasteiger partial charge in [0.05, 0.1) is 5.82 Å². The predicted molar refractivity (Wildman–Crippen MR) is 72.4 cm³/mol. The molecule has 0 aliphatic rings. The van der Waals surface area contributed by atoms with Gasteiger partial charge in [-0.3, -0.25) is 0 Å². The Kier molecular flexibility index (Phi) is 4.65. The zero-order valence-electron chi connectivity index (χ0n) is 10.1. The van der Waals surface area contributed by atoms with E-state index in [0.717, 1.165) is 24.4 Å². The fraction of sp³-hybridized carbons (Fsp3) is 0.286. The molecule has 0 saturated heterocycles. The topological polar surface area (TPSA) is 24.1 Å². The van der Waals surface area contributed by atoms with Crippen molar-refractivity contribution in [1.82, 2.24) is 5.32 Å². The van der Waals surface area contributed by atoms with Crippen LogP contribution in [-0.2, 0) is 6.42 Å². The van der Waals surface area contributed by atoms with E-state index in [4.69, 9.17) is 0 Å².